The average Bonchev–Trinajstić information content (AvgIpc) is 2.58. The molecule has 4 heterocycles. The number of ether oxygens (including phenoxy) is 2. The second-order valence-electron chi connectivity index (χ2n) is 6.69. The summed E-state index contributed by atoms with van der Waals surface area (Å²) in [6.07, 6.45) is 3.72. The lowest BCUT2D eigenvalue weighted by Gasteiger charge is -2.56. The zero-order chi connectivity index (χ0) is 13.3. The fourth-order valence-corrected chi connectivity index (χ4v) is 4.45. The van der Waals surface area contributed by atoms with Crippen molar-refractivity contribution < 1.29 is 24.0 Å². The molecule has 5 heteroatoms. The molecular weight excluding hydrogens is 248 g/mol. The van der Waals surface area contributed by atoms with Gasteiger partial charge in [-0.2, -0.15) is 0 Å². The maximum absolute atomic E-state index is 11.8. The Labute approximate surface area is 112 Å². The molecule has 0 unspecified atom stereocenters. The van der Waals surface area contributed by atoms with Crippen molar-refractivity contribution in [2.24, 2.45) is 17.8 Å². The highest BCUT2D eigenvalue weighted by molar-refractivity contribution is 5.71. The third-order valence-electron chi connectivity index (χ3n) is 5.52. The number of fused-ring (bicyclic) bond motifs is 2. The van der Waals surface area contributed by atoms with Crippen LogP contribution in [0.1, 0.15) is 46.0 Å². The van der Waals surface area contributed by atoms with Crippen LogP contribution in [0.15, 0.2) is 0 Å². The molecule has 6 atom stereocenters. The minimum Gasteiger partial charge on any atom is -0.432 e. The first-order chi connectivity index (χ1) is 9.03. The van der Waals surface area contributed by atoms with E-state index < -0.39 is 17.7 Å². The molecule has 4 saturated heterocycles. The molecule has 0 amide bonds. The van der Waals surface area contributed by atoms with Crippen LogP contribution < -0.4 is 0 Å². The first-order valence-corrected chi connectivity index (χ1v) is 7.28. The van der Waals surface area contributed by atoms with Gasteiger partial charge in [-0.05, 0) is 32.1 Å². The Morgan fingerprint density at radius 3 is 2.89 bits per heavy atom. The summed E-state index contributed by atoms with van der Waals surface area (Å²) in [7, 11) is 0. The van der Waals surface area contributed by atoms with Crippen LogP contribution in [0.4, 0.5) is 0 Å². The lowest BCUT2D eigenvalue weighted by atomic mass is 9.60. The van der Waals surface area contributed by atoms with Gasteiger partial charge in [0.2, 0.25) is 12.1 Å². The average molecular weight is 268 g/mol. The van der Waals surface area contributed by atoms with Gasteiger partial charge in [0.05, 0.1) is 6.42 Å². The molecule has 1 saturated carbocycles. The molecule has 5 aliphatic rings. The van der Waals surface area contributed by atoms with Gasteiger partial charge < -0.3 is 9.47 Å². The summed E-state index contributed by atoms with van der Waals surface area (Å²) in [4.78, 5) is 23.2. The van der Waals surface area contributed by atoms with Crippen molar-refractivity contribution in [1.29, 1.82) is 0 Å². The van der Waals surface area contributed by atoms with Gasteiger partial charge in [0, 0.05) is 18.3 Å². The lowest BCUT2D eigenvalue weighted by molar-refractivity contribution is -0.557. The van der Waals surface area contributed by atoms with Crippen molar-refractivity contribution in [3.63, 3.8) is 0 Å². The van der Waals surface area contributed by atoms with Crippen LogP contribution in [-0.2, 0) is 24.0 Å². The summed E-state index contributed by atoms with van der Waals surface area (Å²) in [5.41, 5.74) is -0.582. The third kappa shape index (κ3) is 1.49. The van der Waals surface area contributed by atoms with Crippen LogP contribution in [0.25, 0.3) is 0 Å². The monoisotopic (exact) mass is 268 g/mol. The molecule has 5 rings (SSSR count). The molecule has 19 heavy (non-hydrogen) atoms. The fourth-order valence-electron chi connectivity index (χ4n) is 4.45. The highest BCUT2D eigenvalue weighted by Crippen LogP contribution is 2.58. The maximum Gasteiger partial charge on any atom is 0.308 e. The molecule has 5 fully saturated rings. The van der Waals surface area contributed by atoms with Crippen molar-refractivity contribution in [2.45, 2.75) is 63.6 Å². The second kappa shape index (κ2) is 3.71. The van der Waals surface area contributed by atoms with E-state index in [4.69, 9.17) is 19.2 Å². The molecule has 1 aliphatic carbocycles. The van der Waals surface area contributed by atoms with E-state index in [0.717, 1.165) is 25.7 Å². The van der Waals surface area contributed by atoms with E-state index >= 15 is 0 Å². The van der Waals surface area contributed by atoms with Crippen LogP contribution >= 0.6 is 0 Å². The van der Waals surface area contributed by atoms with Gasteiger partial charge in [-0.25, -0.2) is 9.78 Å². The lowest BCUT2D eigenvalue weighted by Crippen LogP contribution is -2.67. The normalized spacial score (nSPS) is 56.2. The van der Waals surface area contributed by atoms with Gasteiger partial charge in [0.1, 0.15) is 0 Å². The topological polar surface area (TPSA) is 54.0 Å². The smallest absolute Gasteiger partial charge is 0.308 e. The number of carbonyl (C=O) groups excluding carboxylic acids is 1. The van der Waals surface area contributed by atoms with Crippen LogP contribution in [0.3, 0.4) is 0 Å². The summed E-state index contributed by atoms with van der Waals surface area (Å²) in [6, 6.07) is 0. The molecule has 0 aromatic heterocycles. The molecule has 4 aliphatic heterocycles. The van der Waals surface area contributed by atoms with E-state index in [1.54, 1.807) is 0 Å². The molecule has 106 valence electrons. The SMILES string of the molecule is C[C@@H]1CC[C@H]2CC(=O)O[C@@H]3O[C@@]4(C)CC[C@@H]1[C@]23OO4. The predicted octanol–water partition coefficient (Wildman–Crippen LogP) is 2.15. The Kier molecular flexibility index (Phi) is 2.37. The number of carbonyl (C=O) groups is 1. The van der Waals surface area contributed by atoms with Crippen LogP contribution in [0.5, 0.6) is 0 Å². The van der Waals surface area contributed by atoms with Gasteiger partial charge in [-0.15, -0.1) is 0 Å². The van der Waals surface area contributed by atoms with E-state index in [-0.39, 0.29) is 11.9 Å². The minimum atomic E-state index is -0.783. The Hall–Kier alpha value is -0.650. The zero-order valence-corrected chi connectivity index (χ0v) is 11.4. The van der Waals surface area contributed by atoms with Crippen molar-refractivity contribution in [3.8, 4) is 0 Å². The molecule has 0 aromatic rings. The predicted molar refractivity (Wildman–Crippen MR) is 63.5 cm³/mol. The van der Waals surface area contributed by atoms with Crippen LogP contribution in [-0.4, -0.2) is 23.6 Å². The standard InChI is InChI=1S/C14H20O5/c1-8-3-4-9-7-11(15)16-12-14(9)10(8)5-6-13(2,17-12)18-19-14/h8-10,12H,3-7H2,1-2H3/t8-,9+,10+,12-,13-,14-/m1/s1. The van der Waals surface area contributed by atoms with E-state index in [9.17, 15) is 4.79 Å². The van der Waals surface area contributed by atoms with E-state index in [2.05, 4.69) is 6.92 Å². The molecule has 5 nitrogen and oxygen atoms in total. The highest BCUT2D eigenvalue weighted by Gasteiger charge is 2.68. The first-order valence-electron chi connectivity index (χ1n) is 7.28. The second-order valence-corrected chi connectivity index (χ2v) is 6.69. The summed E-state index contributed by atoms with van der Waals surface area (Å²) >= 11 is 0. The van der Waals surface area contributed by atoms with Gasteiger partial charge >= 0.3 is 5.97 Å². The van der Waals surface area contributed by atoms with Crippen LogP contribution in [0, 0.1) is 17.8 Å². The van der Waals surface area contributed by atoms with Gasteiger partial charge in [0.25, 0.3) is 0 Å². The molecular formula is C14H20O5. The summed E-state index contributed by atoms with van der Waals surface area (Å²) in [5.74, 6) is 0.0861. The van der Waals surface area contributed by atoms with E-state index in [1.807, 2.05) is 6.92 Å². The van der Waals surface area contributed by atoms with Crippen molar-refractivity contribution in [3.05, 3.63) is 0 Å². The Bertz CT molecular complexity index is 420. The highest BCUT2D eigenvalue weighted by atomic mass is 17.3. The number of rotatable bonds is 0. The van der Waals surface area contributed by atoms with Gasteiger partial charge in [0.15, 0.2) is 5.60 Å². The minimum absolute atomic E-state index is 0.155. The first kappa shape index (κ1) is 12.1. The summed E-state index contributed by atoms with van der Waals surface area (Å²) in [6.45, 7) is 4.12. The number of esters is 1. The molecule has 1 spiro atoms. The quantitative estimate of drug-likeness (QED) is 0.497. The van der Waals surface area contributed by atoms with Gasteiger partial charge in [-0.3, -0.25) is 4.79 Å². The van der Waals surface area contributed by atoms with Crippen molar-refractivity contribution in [2.75, 3.05) is 0 Å². The maximum atomic E-state index is 11.8. The molecule has 0 aromatic carbocycles. The number of hydrogen-bond donors (Lipinski definition) is 0. The molecule has 0 N–H and O–H groups in total. The largest absolute Gasteiger partial charge is 0.432 e. The Balaban J connectivity index is 1.82. The molecule has 0 radical (unpaired) electrons. The Morgan fingerprint density at radius 1 is 1.21 bits per heavy atom. The Morgan fingerprint density at radius 2 is 2.05 bits per heavy atom. The fraction of sp³-hybridized carbons (Fsp3) is 0.929. The van der Waals surface area contributed by atoms with Crippen LogP contribution in [0.2, 0.25) is 0 Å². The molecule has 2 bridgehead atoms. The summed E-state index contributed by atoms with van der Waals surface area (Å²) in [5, 5.41) is 0. The zero-order valence-electron chi connectivity index (χ0n) is 11.4. The number of hydrogen-bond acceptors (Lipinski definition) is 5. The van der Waals surface area contributed by atoms with E-state index in [0.29, 0.717) is 18.3 Å². The van der Waals surface area contributed by atoms with Gasteiger partial charge in [-0.1, -0.05) is 6.92 Å². The van der Waals surface area contributed by atoms with Crippen molar-refractivity contribution >= 4 is 5.97 Å². The van der Waals surface area contributed by atoms with E-state index in [1.165, 1.54) is 0 Å². The third-order valence-corrected chi connectivity index (χ3v) is 5.52. The van der Waals surface area contributed by atoms with Crippen molar-refractivity contribution in [1.82, 2.24) is 0 Å². The summed E-state index contributed by atoms with van der Waals surface area (Å²) < 4.78 is 11.4.